The van der Waals surface area contributed by atoms with E-state index in [1.165, 1.54) is 51.3 Å². The zero-order valence-electron chi connectivity index (χ0n) is 67.4. The average molecular weight is 1610 g/mol. The second-order valence-corrected chi connectivity index (χ2v) is 27.9. The van der Waals surface area contributed by atoms with Gasteiger partial charge in [-0.25, -0.2) is 15.0 Å². The summed E-state index contributed by atoms with van der Waals surface area (Å²) in [6.07, 6.45) is 21.1. The van der Waals surface area contributed by atoms with E-state index in [-0.39, 0.29) is 54.7 Å². The van der Waals surface area contributed by atoms with Crippen LogP contribution < -0.4 is 102 Å². The van der Waals surface area contributed by atoms with Crippen LogP contribution in [0.15, 0.2) is 74.0 Å². The molecule has 35 N–H and O–H groups in total. The Morgan fingerprint density at radius 3 is 1.61 bits per heavy atom. The number of primary amides is 3. The molecular formula is C72H150ClN35O4. The largest absolute Gasteiger partial charge is 0.395 e. The quantitative estimate of drug-likeness (QED) is 0.0164. The maximum absolute atomic E-state index is 10.9. The Morgan fingerprint density at radius 2 is 1.14 bits per heavy atom. The molecule has 0 radical (unpaired) electrons. The molecule has 644 valence electrons. The first-order chi connectivity index (χ1) is 53.7. The third-order valence-electron chi connectivity index (χ3n) is 19.0. The first-order valence-electron chi connectivity index (χ1n) is 39.8. The summed E-state index contributed by atoms with van der Waals surface area (Å²) in [6.45, 7) is 34.2. The van der Waals surface area contributed by atoms with Crippen LogP contribution >= 0.6 is 12.4 Å². The maximum Gasteiger partial charge on any atom is 0.235 e. The number of likely N-dealkylation sites (tertiary alicyclic amines) is 3. The van der Waals surface area contributed by atoms with E-state index in [0.29, 0.717) is 63.8 Å². The van der Waals surface area contributed by atoms with Gasteiger partial charge in [0.05, 0.1) is 62.1 Å². The molecule has 11 heterocycles. The third-order valence-corrected chi connectivity index (χ3v) is 19.0. The molecule has 7 saturated heterocycles. The summed E-state index contributed by atoms with van der Waals surface area (Å²) in [7, 11) is 0. The highest BCUT2D eigenvalue weighted by atomic mass is 35.5. The number of imidazole rings is 1. The lowest BCUT2D eigenvalue weighted by Crippen LogP contribution is -2.54. The zero-order chi connectivity index (χ0) is 81.7. The smallest absolute Gasteiger partial charge is 0.235 e. The number of carbonyl (C=O) groups is 3. The molecule has 0 bridgehead atoms. The van der Waals surface area contributed by atoms with E-state index >= 15 is 0 Å². The number of hydrogen-bond acceptors (Lipinski definition) is 30. The van der Waals surface area contributed by atoms with Crippen molar-refractivity contribution in [2.45, 2.75) is 115 Å². The highest BCUT2D eigenvalue weighted by Crippen LogP contribution is 2.17. The summed E-state index contributed by atoms with van der Waals surface area (Å²) in [5, 5.41) is 38.7. The Kier molecular flexibility index (Phi) is 61.5. The normalized spacial score (nSPS) is 18.6. The van der Waals surface area contributed by atoms with Gasteiger partial charge in [0.15, 0.2) is 5.96 Å². The van der Waals surface area contributed by atoms with Crippen LogP contribution in [0.3, 0.4) is 0 Å². The molecule has 0 saturated carbocycles. The van der Waals surface area contributed by atoms with Crippen molar-refractivity contribution in [3.8, 4) is 0 Å². The Hall–Kier alpha value is -6.62. The molecule has 5 aromatic rings. The van der Waals surface area contributed by atoms with Crippen molar-refractivity contribution in [1.29, 1.82) is 5.41 Å². The number of piperidine rings is 4. The first-order valence-corrected chi connectivity index (χ1v) is 39.8. The van der Waals surface area contributed by atoms with Crippen LogP contribution in [0.5, 0.6) is 0 Å². The van der Waals surface area contributed by atoms with Crippen LogP contribution in [0.25, 0.3) is 11.0 Å². The van der Waals surface area contributed by atoms with Gasteiger partial charge < -0.3 is 125 Å². The fourth-order valence-corrected chi connectivity index (χ4v) is 12.2. The SMILES string of the molecule is Cc1ccnn1CCN.Cl.N=C(N)N1CCC(CN)CC1.NC(=O)C1CNCCN1.NC(=O)CN1CCC(N)CC1.NC1CCNCC1.NCCCN1CCN(CCCN)CC1.NCCN1CCCC(C(N)=O)C1.NCCn1cccn1.NCCn1cnc2ccccc21.NCCn1cncn1.NN1CCN(CCO)CC1. The molecule has 7 aliphatic rings. The number of aliphatic hydroxyl groups excluding tert-OH is 1. The molecule has 2 unspecified atom stereocenters. The second-order valence-electron chi connectivity index (χ2n) is 27.9. The number of nitrogens with zero attached hydrogens (tertiary/aromatic N) is 16. The molecule has 2 atom stereocenters. The number of halogens is 1. The molecule has 39 nitrogen and oxygen atoms in total. The van der Waals surface area contributed by atoms with Crippen LogP contribution in [0, 0.1) is 24.2 Å². The summed E-state index contributed by atoms with van der Waals surface area (Å²) in [5.41, 5.74) is 78.5. The number of aliphatic hydroxyl groups is 1. The number of amides is 3. The number of benzene rings is 1. The van der Waals surface area contributed by atoms with Gasteiger partial charge in [-0.1, -0.05) is 12.1 Å². The molecule has 7 fully saturated rings. The molecule has 0 aliphatic carbocycles. The van der Waals surface area contributed by atoms with Crippen molar-refractivity contribution in [2.24, 2.45) is 97.9 Å². The van der Waals surface area contributed by atoms with Gasteiger partial charge >= 0.3 is 0 Å². The zero-order valence-corrected chi connectivity index (χ0v) is 68.3. The van der Waals surface area contributed by atoms with E-state index < -0.39 is 0 Å². The van der Waals surface area contributed by atoms with Crippen molar-refractivity contribution in [2.75, 3.05) is 216 Å². The number of nitrogens with two attached hydrogens (primary N) is 15. The maximum atomic E-state index is 10.9. The monoisotopic (exact) mass is 1600 g/mol. The number of fused-ring (bicyclic) bond motifs is 1. The van der Waals surface area contributed by atoms with E-state index in [1.54, 1.807) is 28.1 Å². The summed E-state index contributed by atoms with van der Waals surface area (Å²) in [4.78, 5) is 53.2. The number of hydrazine groups is 1. The number of nitrogens with one attached hydrogen (secondary N) is 4. The molecule has 112 heavy (non-hydrogen) atoms. The lowest BCUT2D eigenvalue weighted by Gasteiger charge is -2.34. The lowest BCUT2D eigenvalue weighted by molar-refractivity contribution is -0.123. The number of carbonyl (C=O) groups excluding carboxylic acids is 3. The number of β-amino-alcohol motifs (C(OH)–C–C–N with tert-alkyl or cyclic N) is 1. The lowest BCUT2D eigenvalue weighted by atomic mass is 9.97. The van der Waals surface area contributed by atoms with Crippen molar-refractivity contribution in [3.05, 3.63) is 79.7 Å². The van der Waals surface area contributed by atoms with E-state index in [2.05, 4.69) is 71.4 Å². The molecule has 1 aromatic carbocycles. The van der Waals surface area contributed by atoms with Gasteiger partial charge in [0, 0.05) is 193 Å². The topological polar surface area (TPSA) is 629 Å². The van der Waals surface area contributed by atoms with Crippen molar-refractivity contribution in [3.63, 3.8) is 0 Å². The van der Waals surface area contributed by atoms with Crippen LogP contribution in [-0.4, -0.2) is 341 Å². The van der Waals surface area contributed by atoms with E-state index in [0.717, 1.165) is 226 Å². The predicted octanol–water partition coefficient (Wildman–Crippen LogP) is -6.26. The Labute approximate surface area is 672 Å². The fourth-order valence-electron chi connectivity index (χ4n) is 12.2. The van der Waals surface area contributed by atoms with Crippen LogP contribution in [0.2, 0.25) is 0 Å². The van der Waals surface area contributed by atoms with Crippen LogP contribution in [-0.2, 0) is 40.6 Å². The predicted molar refractivity (Wildman–Crippen MR) is 451 cm³/mol. The average Bonchev–Trinajstić information content (AvgIpc) is 1.69. The van der Waals surface area contributed by atoms with Gasteiger partial charge in [-0.3, -0.25) is 49.5 Å². The third kappa shape index (κ3) is 49.9. The Morgan fingerprint density at radius 1 is 0.554 bits per heavy atom. The minimum atomic E-state index is -0.276. The molecule has 40 heteroatoms. The number of para-hydroxylation sites is 2. The van der Waals surface area contributed by atoms with Gasteiger partial charge in [-0.15, -0.1) is 12.4 Å². The van der Waals surface area contributed by atoms with E-state index in [4.69, 9.17) is 96.6 Å². The van der Waals surface area contributed by atoms with Gasteiger partial charge in [-0.05, 0) is 154 Å². The molecule has 0 spiro atoms. The summed E-state index contributed by atoms with van der Waals surface area (Å²) >= 11 is 0. The van der Waals surface area contributed by atoms with Crippen molar-refractivity contribution >= 4 is 47.1 Å². The van der Waals surface area contributed by atoms with Crippen LogP contribution in [0.4, 0.5) is 0 Å². The summed E-state index contributed by atoms with van der Waals surface area (Å²) < 4.78 is 7.45. The first kappa shape index (κ1) is 103. The molecule has 3 amide bonds. The van der Waals surface area contributed by atoms with E-state index in [9.17, 15) is 14.4 Å². The number of piperazine rings is 3. The number of rotatable bonds is 23. The Bertz CT molecular complexity index is 2930. The van der Waals surface area contributed by atoms with Gasteiger partial charge in [0.1, 0.15) is 12.7 Å². The highest BCUT2D eigenvalue weighted by molar-refractivity contribution is 5.85. The number of aromatic nitrogens is 9. The van der Waals surface area contributed by atoms with E-state index in [1.807, 2.05) is 69.3 Å². The molecular weight excluding hydrogens is 1450 g/mol. The van der Waals surface area contributed by atoms with Crippen molar-refractivity contribution in [1.82, 2.24) is 94.2 Å². The summed E-state index contributed by atoms with van der Waals surface area (Å²) in [6, 6.07) is 12.5. The molecule has 12 rings (SSSR count). The fraction of sp³-hybridized carbons (Fsp3) is 0.736. The number of hydrogen-bond donors (Lipinski definition) is 20. The van der Waals surface area contributed by atoms with Gasteiger partial charge in [0.25, 0.3) is 0 Å². The Balaban J connectivity index is 0.000000618. The van der Waals surface area contributed by atoms with Crippen molar-refractivity contribution < 1.29 is 19.5 Å². The summed E-state index contributed by atoms with van der Waals surface area (Å²) in [5.74, 6) is 5.73. The highest BCUT2D eigenvalue weighted by Gasteiger charge is 2.24. The number of guanidine groups is 1. The molecule has 7 aliphatic heterocycles. The number of aryl methyl sites for hydroxylation is 1. The van der Waals surface area contributed by atoms with Gasteiger partial charge in [-0.2, -0.15) is 15.3 Å². The standard InChI is InChI=1S/C10H24N4.C9H11N3.C8H17N3O.C7H16N4.C7H15N3O.C6H15N3O.C6H11N3.C5H11N3O.C5H9N3.C5H12N2.C4H8N4.ClH/c11-3-1-5-13-7-9-14(10-8-13)6-2-4-12;10-5-6-12-7-11-8-3-1-2-4-9(8)12;9-3-5-11-4-1-2-7(6-11)8(10)12;8-5-6-1-3-11(4-2-6)7(9)10;8-6-1-3-10(4-2-6)5-7(9)11;7-9-3-1-8(2-4-9)5-6-10;1-6-2-4-8-9(6)5-3-7;6-5(9)4-3-7-1-2-8-4;6-2-5-8-4-1-3-7-8;6-5-1-3-7-4-2-5;5-1-2-8-4-6-3-7-8;/h1-12H2;1-4,7H,5-6,10H2;7H,1-6,9H2,(H2,10,12);6H,1-5,8H2,(H3,9,10);6H,1-5,8H2,(H2,9,11);10H,1-7H2;2,4H,3,5,7H2,1H3;4,7-8H,1-3H2,(H2,6,9);1,3-4H,2,5-6H2;5,7H,1-4,6H2;3-4H,1-2,5H2;1H. The minimum absolute atomic E-state index is 0. The minimum Gasteiger partial charge on any atom is -0.395 e. The second kappa shape index (κ2) is 66.6. The molecule has 4 aromatic heterocycles. The van der Waals surface area contributed by atoms with Gasteiger partial charge in [0.2, 0.25) is 17.7 Å². The van der Waals surface area contributed by atoms with Crippen LogP contribution in [0.1, 0.15) is 69.9 Å².